The van der Waals surface area contributed by atoms with Crippen molar-refractivity contribution in [3.8, 4) is 0 Å². The van der Waals surface area contributed by atoms with Crippen LogP contribution in [0.1, 0.15) is 16.1 Å². The van der Waals surface area contributed by atoms with E-state index in [-0.39, 0.29) is 0 Å². The molecule has 3 rings (SSSR count). The lowest BCUT2D eigenvalue weighted by atomic mass is 10.2. The second-order valence-corrected chi connectivity index (χ2v) is 5.71. The lowest BCUT2D eigenvalue weighted by Gasteiger charge is -2.02. The number of nitrogens with zero attached hydrogens (tertiary/aromatic N) is 2. The molecule has 0 aliphatic rings. The van der Waals surface area contributed by atoms with E-state index in [1.807, 2.05) is 16.9 Å². The number of rotatable bonds is 6. The molecule has 0 spiro atoms. The van der Waals surface area contributed by atoms with Gasteiger partial charge in [-0.2, -0.15) is 5.10 Å². The largest absolute Gasteiger partial charge is 0.306 e. The van der Waals surface area contributed by atoms with Crippen LogP contribution in [0.25, 0.3) is 0 Å². The number of thiophene rings is 1. The first kappa shape index (κ1) is 13.1. The van der Waals surface area contributed by atoms with Gasteiger partial charge in [0.1, 0.15) is 0 Å². The third-order valence-electron chi connectivity index (χ3n) is 3.07. The highest BCUT2D eigenvalue weighted by Crippen LogP contribution is 2.08. The highest BCUT2D eigenvalue weighted by atomic mass is 32.1. The predicted octanol–water partition coefficient (Wildman–Crippen LogP) is 3.28. The van der Waals surface area contributed by atoms with Crippen molar-refractivity contribution in [2.45, 2.75) is 19.6 Å². The van der Waals surface area contributed by atoms with E-state index in [1.54, 1.807) is 11.3 Å². The summed E-state index contributed by atoms with van der Waals surface area (Å²) in [6.07, 6.45) is 2.04. The number of nitrogens with one attached hydrogen (secondary N) is 1. The molecule has 0 atom stereocenters. The molecule has 3 nitrogen and oxygen atoms in total. The van der Waals surface area contributed by atoms with Crippen LogP contribution in [0.3, 0.4) is 0 Å². The Kier molecular flexibility index (Phi) is 4.25. The molecule has 20 heavy (non-hydrogen) atoms. The molecular formula is C16H17N3S. The summed E-state index contributed by atoms with van der Waals surface area (Å²) in [7, 11) is 0. The van der Waals surface area contributed by atoms with Gasteiger partial charge < -0.3 is 5.32 Å². The van der Waals surface area contributed by atoms with Gasteiger partial charge in [-0.25, -0.2) is 0 Å². The minimum absolute atomic E-state index is 0.805. The number of hydrogen-bond donors (Lipinski definition) is 1. The number of aromatic nitrogens is 2. The summed E-state index contributed by atoms with van der Waals surface area (Å²) in [4.78, 5) is 1.36. The average molecular weight is 283 g/mol. The second-order valence-electron chi connectivity index (χ2n) is 4.67. The Labute approximate surface area is 122 Å². The molecule has 2 aromatic heterocycles. The molecule has 0 saturated heterocycles. The van der Waals surface area contributed by atoms with Crippen molar-refractivity contribution in [1.82, 2.24) is 15.1 Å². The summed E-state index contributed by atoms with van der Waals surface area (Å²) in [5.41, 5.74) is 2.35. The molecule has 1 N–H and O–H groups in total. The molecule has 0 unspecified atom stereocenters. The van der Waals surface area contributed by atoms with E-state index in [2.05, 4.69) is 58.3 Å². The Morgan fingerprint density at radius 2 is 1.90 bits per heavy atom. The standard InChI is InChI=1S/C16H17N3S/c1-2-5-14(6-3-1)13-19-9-8-15(18-19)11-17-12-16-7-4-10-20-16/h1-10,17H,11-13H2. The molecule has 0 radical (unpaired) electrons. The minimum Gasteiger partial charge on any atom is -0.306 e. The second kappa shape index (κ2) is 6.50. The number of hydrogen-bond acceptors (Lipinski definition) is 3. The summed E-state index contributed by atoms with van der Waals surface area (Å²) >= 11 is 1.78. The Hall–Kier alpha value is -1.91. The van der Waals surface area contributed by atoms with Crippen molar-refractivity contribution < 1.29 is 0 Å². The monoisotopic (exact) mass is 283 g/mol. The molecule has 4 heteroatoms. The highest BCUT2D eigenvalue weighted by Gasteiger charge is 2.00. The van der Waals surface area contributed by atoms with Gasteiger partial charge >= 0.3 is 0 Å². The quantitative estimate of drug-likeness (QED) is 0.752. The van der Waals surface area contributed by atoms with Crippen LogP contribution in [0.4, 0.5) is 0 Å². The summed E-state index contributed by atoms with van der Waals surface area (Å²) in [6, 6.07) is 16.7. The molecule has 0 amide bonds. The summed E-state index contributed by atoms with van der Waals surface area (Å²) in [5.74, 6) is 0. The first-order chi connectivity index (χ1) is 9.90. The van der Waals surface area contributed by atoms with Crippen molar-refractivity contribution in [3.63, 3.8) is 0 Å². The average Bonchev–Trinajstić information content (AvgIpc) is 3.12. The van der Waals surface area contributed by atoms with Gasteiger partial charge in [0.05, 0.1) is 12.2 Å². The van der Waals surface area contributed by atoms with Crippen molar-refractivity contribution in [1.29, 1.82) is 0 Å². The topological polar surface area (TPSA) is 29.9 Å². The fourth-order valence-corrected chi connectivity index (χ4v) is 2.76. The van der Waals surface area contributed by atoms with Crippen LogP contribution in [-0.4, -0.2) is 9.78 Å². The van der Waals surface area contributed by atoms with Crippen molar-refractivity contribution in [3.05, 3.63) is 76.2 Å². The zero-order chi connectivity index (χ0) is 13.6. The van der Waals surface area contributed by atoms with Crippen LogP contribution >= 0.6 is 11.3 Å². The van der Waals surface area contributed by atoms with Gasteiger partial charge in [0.2, 0.25) is 0 Å². The molecule has 0 aliphatic heterocycles. The van der Waals surface area contributed by atoms with Gasteiger partial charge in [0.25, 0.3) is 0 Å². The molecule has 0 saturated carbocycles. The van der Waals surface area contributed by atoms with Gasteiger partial charge in [-0.3, -0.25) is 4.68 Å². The van der Waals surface area contributed by atoms with Gasteiger partial charge in [0.15, 0.2) is 0 Å². The molecular weight excluding hydrogens is 266 g/mol. The zero-order valence-electron chi connectivity index (χ0n) is 11.2. The van der Waals surface area contributed by atoms with E-state index >= 15 is 0 Å². The smallest absolute Gasteiger partial charge is 0.0762 e. The fourth-order valence-electron chi connectivity index (χ4n) is 2.08. The van der Waals surface area contributed by atoms with E-state index < -0.39 is 0 Å². The van der Waals surface area contributed by atoms with E-state index in [1.165, 1.54) is 10.4 Å². The normalized spacial score (nSPS) is 10.8. The maximum absolute atomic E-state index is 4.58. The van der Waals surface area contributed by atoms with Crippen LogP contribution in [0.5, 0.6) is 0 Å². The lowest BCUT2D eigenvalue weighted by Crippen LogP contribution is -2.12. The third kappa shape index (κ3) is 3.56. The molecule has 1 aromatic carbocycles. The maximum Gasteiger partial charge on any atom is 0.0762 e. The van der Waals surface area contributed by atoms with Gasteiger partial charge in [-0.1, -0.05) is 36.4 Å². The SMILES string of the molecule is c1ccc(Cn2ccc(CNCc3cccs3)n2)cc1. The van der Waals surface area contributed by atoms with Crippen LogP contribution in [0, 0.1) is 0 Å². The Morgan fingerprint density at radius 1 is 1.00 bits per heavy atom. The van der Waals surface area contributed by atoms with E-state index in [4.69, 9.17) is 0 Å². The third-order valence-corrected chi connectivity index (χ3v) is 3.95. The molecule has 102 valence electrons. The van der Waals surface area contributed by atoms with Crippen molar-refractivity contribution in [2.24, 2.45) is 0 Å². The number of benzene rings is 1. The summed E-state index contributed by atoms with van der Waals surface area (Å²) < 4.78 is 1.98. The Morgan fingerprint density at radius 3 is 2.70 bits per heavy atom. The molecule has 0 bridgehead atoms. The summed E-state index contributed by atoms with van der Waals surface area (Å²) in [6.45, 7) is 2.54. The van der Waals surface area contributed by atoms with Gasteiger partial charge in [0, 0.05) is 24.2 Å². The molecule has 3 aromatic rings. The van der Waals surface area contributed by atoms with Gasteiger partial charge in [-0.05, 0) is 23.1 Å². The predicted molar refractivity (Wildman–Crippen MR) is 82.6 cm³/mol. The van der Waals surface area contributed by atoms with Crippen LogP contribution < -0.4 is 5.32 Å². The fraction of sp³-hybridized carbons (Fsp3) is 0.188. The van der Waals surface area contributed by atoms with Crippen LogP contribution in [-0.2, 0) is 19.6 Å². The summed E-state index contributed by atoms with van der Waals surface area (Å²) in [5, 5.41) is 10.1. The Balaban J connectivity index is 1.52. The van der Waals surface area contributed by atoms with E-state index in [0.717, 1.165) is 25.3 Å². The minimum atomic E-state index is 0.805. The molecule has 0 fully saturated rings. The highest BCUT2D eigenvalue weighted by molar-refractivity contribution is 7.09. The van der Waals surface area contributed by atoms with Crippen LogP contribution in [0.15, 0.2) is 60.1 Å². The van der Waals surface area contributed by atoms with Crippen molar-refractivity contribution >= 4 is 11.3 Å². The van der Waals surface area contributed by atoms with E-state index in [0.29, 0.717) is 0 Å². The lowest BCUT2D eigenvalue weighted by molar-refractivity contribution is 0.636. The first-order valence-corrected chi connectivity index (χ1v) is 7.57. The van der Waals surface area contributed by atoms with E-state index in [9.17, 15) is 0 Å². The zero-order valence-corrected chi connectivity index (χ0v) is 12.0. The Bertz CT molecular complexity index is 629. The molecule has 0 aliphatic carbocycles. The van der Waals surface area contributed by atoms with Crippen molar-refractivity contribution in [2.75, 3.05) is 0 Å². The molecule has 2 heterocycles. The van der Waals surface area contributed by atoms with Crippen LogP contribution in [0.2, 0.25) is 0 Å². The first-order valence-electron chi connectivity index (χ1n) is 6.69. The maximum atomic E-state index is 4.58. The van der Waals surface area contributed by atoms with Gasteiger partial charge in [-0.15, -0.1) is 11.3 Å².